The Labute approximate surface area is 56.6 Å². The van der Waals surface area contributed by atoms with Crippen LogP contribution in [0.2, 0.25) is 0 Å². The molecular weight excluding hydrogens is 114 g/mol. The second-order valence-corrected chi connectivity index (χ2v) is 2.86. The Kier molecular flexibility index (Phi) is 2.65. The average Bonchev–Trinajstić information content (AvgIpc) is 1.59. The van der Waals surface area contributed by atoms with Crippen LogP contribution in [0.15, 0.2) is 4.99 Å². The van der Waals surface area contributed by atoms with Gasteiger partial charge in [0.05, 0.1) is 6.34 Å². The number of nitrogens with two attached hydrogens (primary N) is 1. The van der Waals surface area contributed by atoms with Gasteiger partial charge in [-0.05, 0) is 13.8 Å². The molecule has 9 heavy (non-hydrogen) atoms. The summed E-state index contributed by atoms with van der Waals surface area (Å²) >= 11 is 0. The minimum Gasteiger partial charge on any atom is -0.369 e. The maximum absolute atomic E-state index is 5.56. The predicted octanol–water partition coefficient (Wildman–Crippen LogP) is 0.271. The molecule has 0 aliphatic rings. The van der Waals surface area contributed by atoms with E-state index in [0.29, 0.717) is 0 Å². The lowest BCUT2D eigenvalue weighted by atomic mass is 10.3. The minimum absolute atomic E-state index is 0.440. The Morgan fingerprint density at radius 1 is 1.44 bits per heavy atom. The molecule has 0 aromatic carbocycles. The van der Waals surface area contributed by atoms with Crippen molar-refractivity contribution in [1.29, 1.82) is 0 Å². The smallest absolute Gasteiger partial charge is 0.104 e. The van der Waals surface area contributed by atoms with Gasteiger partial charge in [-0.2, -0.15) is 0 Å². The largest absolute Gasteiger partial charge is 0.369 e. The molecule has 0 bridgehead atoms. The predicted molar refractivity (Wildman–Crippen MR) is 40.4 cm³/mol. The van der Waals surface area contributed by atoms with Crippen LogP contribution in [0.5, 0.6) is 0 Å². The van der Waals surface area contributed by atoms with E-state index in [0.717, 1.165) is 0 Å². The third-order valence-corrected chi connectivity index (χ3v) is 0.621. The zero-order valence-corrected chi connectivity index (χ0v) is 6.55. The van der Waals surface area contributed by atoms with Gasteiger partial charge in [0.25, 0.3) is 0 Å². The lowest BCUT2D eigenvalue weighted by molar-refractivity contribution is 0.533. The lowest BCUT2D eigenvalue weighted by Gasteiger charge is -2.13. The molecule has 0 aliphatic carbocycles. The fourth-order valence-corrected chi connectivity index (χ4v) is 0.264. The van der Waals surface area contributed by atoms with Crippen LogP contribution in [0.1, 0.15) is 13.8 Å². The molecule has 0 aromatic heterocycles. The van der Waals surface area contributed by atoms with Crippen molar-refractivity contribution in [3.63, 3.8) is 0 Å². The molecule has 0 saturated carbocycles. The van der Waals surface area contributed by atoms with Crippen molar-refractivity contribution in [3.05, 3.63) is 0 Å². The second kappa shape index (κ2) is 2.82. The maximum Gasteiger partial charge on any atom is 0.104 e. The van der Waals surface area contributed by atoms with Gasteiger partial charge in [-0.15, -0.1) is 0 Å². The van der Waals surface area contributed by atoms with Crippen LogP contribution in [-0.2, 0) is 0 Å². The molecule has 54 valence electrons. The first-order valence-corrected chi connectivity index (χ1v) is 2.92. The molecule has 0 rings (SSSR count). The fourth-order valence-electron chi connectivity index (χ4n) is 0.264. The van der Waals surface area contributed by atoms with E-state index in [2.05, 4.69) is 4.99 Å². The highest BCUT2D eigenvalue weighted by Gasteiger charge is 2.04. The molecule has 0 fully saturated rings. The first-order chi connectivity index (χ1) is 3.92. The molecule has 2 N–H and O–H groups in total. The van der Waals surface area contributed by atoms with Gasteiger partial charge in [0.15, 0.2) is 0 Å². The summed E-state index contributed by atoms with van der Waals surface area (Å²) in [4.78, 5) is 5.89. The van der Waals surface area contributed by atoms with E-state index in [1.807, 2.05) is 32.8 Å². The molecule has 0 atom stereocenters. The average molecular weight is 129 g/mol. The van der Waals surface area contributed by atoms with Crippen molar-refractivity contribution >= 4 is 6.34 Å². The first-order valence-electron chi connectivity index (χ1n) is 2.92. The van der Waals surface area contributed by atoms with E-state index in [9.17, 15) is 0 Å². The number of hydrogen-bond acceptors (Lipinski definition) is 2. The van der Waals surface area contributed by atoms with Gasteiger partial charge in [0.2, 0.25) is 0 Å². The summed E-state index contributed by atoms with van der Waals surface area (Å²) in [5.74, 6) is 0. The van der Waals surface area contributed by atoms with Crippen LogP contribution in [-0.4, -0.2) is 31.0 Å². The molecule has 0 radical (unpaired) electrons. The number of hydrogen-bond donors (Lipinski definition) is 1. The zero-order chi connectivity index (χ0) is 7.49. The molecule has 0 amide bonds. The number of rotatable bonds is 2. The van der Waals surface area contributed by atoms with E-state index >= 15 is 0 Å². The van der Waals surface area contributed by atoms with Crippen molar-refractivity contribution < 1.29 is 0 Å². The van der Waals surface area contributed by atoms with Crippen molar-refractivity contribution in [2.45, 2.75) is 19.5 Å². The van der Waals surface area contributed by atoms with Crippen LogP contribution >= 0.6 is 0 Å². The van der Waals surface area contributed by atoms with E-state index in [1.165, 1.54) is 0 Å². The lowest BCUT2D eigenvalue weighted by Crippen LogP contribution is -2.30. The first kappa shape index (κ1) is 8.43. The highest BCUT2D eigenvalue weighted by atomic mass is 15.1. The quantitative estimate of drug-likeness (QED) is 0.429. The van der Waals surface area contributed by atoms with E-state index in [4.69, 9.17) is 5.73 Å². The van der Waals surface area contributed by atoms with Crippen LogP contribution in [0.25, 0.3) is 0 Å². The van der Waals surface area contributed by atoms with Crippen molar-refractivity contribution in [3.8, 4) is 0 Å². The van der Waals surface area contributed by atoms with Crippen LogP contribution in [0.3, 0.4) is 0 Å². The van der Waals surface area contributed by atoms with Gasteiger partial charge in [0.1, 0.15) is 5.66 Å². The molecule has 0 spiro atoms. The SMILES string of the molecule is CN(C)/C=N/C(C)(C)N. The Morgan fingerprint density at radius 2 is 1.89 bits per heavy atom. The Hall–Kier alpha value is -0.570. The Bertz CT molecular complexity index is 99.4. The zero-order valence-electron chi connectivity index (χ0n) is 6.55. The summed E-state index contributed by atoms with van der Waals surface area (Å²) in [7, 11) is 3.82. The van der Waals surface area contributed by atoms with Crippen LogP contribution in [0.4, 0.5) is 0 Å². The van der Waals surface area contributed by atoms with E-state index < -0.39 is 5.66 Å². The minimum atomic E-state index is -0.440. The summed E-state index contributed by atoms with van der Waals surface area (Å²) in [6.07, 6.45) is 1.71. The molecule has 3 heteroatoms. The van der Waals surface area contributed by atoms with Gasteiger partial charge >= 0.3 is 0 Å². The molecular formula is C6H15N3. The van der Waals surface area contributed by atoms with Crippen LogP contribution in [0, 0.1) is 0 Å². The van der Waals surface area contributed by atoms with Crippen molar-refractivity contribution in [1.82, 2.24) is 4.90 Å². The molecule has 3 nitrogen and oxygen atoms in total. The normalized spacial score (nSPS) is 12.6. The van der Waals surface area contributed by atoms with Gasteiger partial charge in [-0.3, -0.25) is 4.99 Å². The molecule has 0 aliphatic heterocycles. The Morgan fingerprint density at radius 3 is 2.00 bits per heavy atom. The van der Waals surface area contributed by atoms with Crippen molar-refractivity contribution in [2.24, 2.45) is 10.7 Å². The molecule has 0 heterocycles. The molecule has 0 aromatic rings. The maximum atomic E-state index is 5.56. The monoisotopic (exact) mass is 129 g/mol. The second-order valence-electron chi connectivity index (χ2n) is 2.86. The van der Waals surface area contributed by atoms with Crippen molar-refractivity contribution in [2.75, 3.05) is 14.1 Å². The third kappa shape index (κ3) is 7.43. The summed E-state index contributed by atoms with van der Waals surface area (Å²) < 4.78 is 0. The van der Waals surface area contributed by atoms with E-state index in [-0.39, 0.29) is 0 Å². The number of aliphatic imine (C=N–C) groups is 1. The highest BCUT2D eigenvalue weighted by Crippen LogP contribution is 1.95. The van der Waals surface area contributed by atoms with Gasteiger partial charge in [-0.25, -0.2) is 0 Å². The standard InChI is InChI=1S/C6H15N3/c1-6(2,7)8-5-9(3)4/h5H,7H2,1-4H3/b8-5+. The third-order valence-electron chi connectivity index (χ3n) is 0.621. The summed E-state index contributed by atoms with van der Waals surface area (Å²) in [5, 5.41) is 0. The topological polar surface area (TPSA) is 41.6 Å². The molecule has 0 unspecified atom stereocenters. The van der Waals surface area contributed by atoms with E-state index in [1.54, 1.807) is 6.34 Å². The van der Waals surface area contributed by atoms with Gasteiger partial charge < -0.3 is 10.6 Å². The number of nitrogens with zero attached hydrogens (tertiary/aromatic N) is 2. The van der Waals surface area contributed by atoms with Gasteiger partial charge in [0, 0.05) is 14.1 Å². The summed E-state index contributed by atoms with van der Waals surface area (Å²) in [6.45, 7) is 3.71. The fraction of sp³-hybridized carbons (Fsp3) is 0.833. The summed E-state index contributed by atoms with van der Waals surface area (Å²) in [6, 6.07) is 0. The molecule has 0 saturated heterocycles. The van der Waals surface area contributed by atoms with Gasteiger partial charge in [-0.1, -0.05) is 0 Å². The summed E-state index contributed by atoms with van der Waals surface area (Å²) in [5.41, 5.74) is 5.12. The van der Waals surface area contributed by atoms with Crippen LogP contribution < -0.4 is 5.73 Å². The Balaban J connectivity index is 3.71. The highest BCUT2D eigenvalue weighted by molar-refractivity contribution is 5.54.